The van der Waals surface area contributed by atoms with E-state index in [4.69, 9.17) is 5.21 Å². The summed E-state index contributed by atoms with van der Waals surface area (Å²) in [6.07, 6.45) is 9.40. The van der Waals surface area contributed by atoms with E-state index < -0.39 is 5.91 Å². The van der Waals surface area contributed by atoms with Crippen LogP contribution in [-0.2, 0) is 9.59 Å². The van der Waals surface area contributed by atoms with Crippen molar-refractivity contribution in [1.29, 1.82) is 0 Å². The van der Waals surface area contributed by atoms with E-state index in [0.29, 0.717) is 12.5 Å². The number of hydrogen-bond acceptors (Lipinski definition) is 3. The summed E-state index contributed by atoms with van der Waals surface area (Å²) in [6, 6.07) is 8.12. The number of anilines is 1. The second kappa shape index (κ2) is 12.0. The summed E-state index contributed by atoms with van der Waals surface area (Å²) in [6.45, 7) is 6.80. The number of nitrogens with zero attached hydrogens (tertiary/aromatic N) is 1. The molecule has 142 valence electrons. The number of hydrogen-bond donors (Lipinski definition) is 2. The molecule has 1 aromatic carbocycles. The second-order valence-electron chi connectivity index (χ2n) is 6.17. The fourth-order valence-corrected chi connectivity index (χ4v) is 2.91. The third kappa shape index (κ3) is 6.84. The maximum Gasteiger partial charge on any atom is 0.247 e. The molecule has 0 fully saturated rings. The molecule has 0 spiro atoms. The number of benzene rings is 1. The van der Waals surface area contributed by atoms with Gasteiger partial charge in [0.1, 0.15) is 0 Å². The Balaban J connectivity index is 2.95. The van der Waals surface area contributed by atoms with Gasteiger partial charge in [-0.05, 0) is 48.4 Å². The summed E-state index contributed by atoms with van der Waals surface area (Å²) in [4.78, 5) is 24.5. The molecule has 0 saturated carbocycles. The molecule has 0 saturated heterocycles. The van der Waals surface area contributed by atoms with Gasteiger partial charge in [0.25, 0.3) is 0 Å². The highest BCUT2D eigenvalue weighted by molar-refractivity contribution is 5.77. The molecule has 1 aromatic rings. The van der Waals surface area contributed by atoms with Gasteiger partial charge in [-0.3, -0.25) is 14.8 Å². The van der Waals surface area contributed by atoms with Crippen molar-refractivity contribution in [3.63, 3.8) is 0 Å². The van der Waals surface area contributed by atoms with Crippen LogP contribution in [0.5, 0.6) is 0 Å². The minimum Gasteiger partial charge on any atom is -0.311 e. The third-order valence-electron chi connectivity index (χ3n) is 4.37. The number of carbonyl (C=O) groups excluding carboxylic acids is 2. The summed E-state index contributed by atoms with van der Waals surface area (Å²) < 4.78 is 0. The summed E-state index contributed by atoms with van der Waals surface area (Å²) in [7, 11) is 0. The quantitative estimate of drug-likeness (QED) is 0.267. The van der Waals surface area contributed by atoms with Crippen LogP contribution >= 0.6 is 0 Å². The minimum atomic E-state index is -0.470. The Morgan fingerprint density at radius 1 is 1.27 bits per heavy atom. The third-order valence-corrected chi connectivity index (χ3v) is 4.37. The number of amides is 2. The molecule has 0 radical (unpaired) electrons. The molecular formula is C21H30N2O3. The molecule has 0 aromatic heterocycles. The molecule has 2 amide bonds. The molecule has 26 heavy (non-hydrogen) atoms. The highest BCUT2D eigenvalue weighted by Gasteiger charge is 2.11. The summed E-state index contributed by atoms with van der Waals surface area (Å²) in [5.41, 5.74) is 4.66. The van der Waals surface area contributed by atoms with Crippen molar-refractivity contribution < 1.29 is 14.8 Å². The SMILES string of the molecule is CC/C=C(\C=C/CC(=O)NO)CN(C=O)c1cccc(C(CC)CC)c1. The maximum atomic E-state index is 11.7. The monoisotopic (exact) mass is 358 g/mol. The highest BCUT2D eigenvalue weighted by atomic mass is 16.5. The zero-order valence-corrected chi connectivity index (χ0v) is 15.9. The Morgan fingerprint density at radius 3 is 2.58 bits per heavy atom. The van der Waals surface area contributed by atoms with Crippen molar-refractivity contribution in [1.82, 2.24) is 5.48 Å². The van der Waals surface area contributed by atoms with Crippen molar-refractivity contribution in [3.05, 3.63) is 53.6 Å². The van der Waals surface area contributed by atoms with Gasteiger partial charge >= 0.3 is 0 Å². The van der Waals surface area contributed by atoms with Crippen molar-refractivity contribution in [2.24, 2.45) is 0 Å². The molecule has 0 unspecified atom stereocenters. The first kappa shape index (κ1) is 21.6. The molecule has 5 nitrogen and oxygen atoms in total. The van der Waals surface area contributed by atoms with Gasteiger partial charge in [0.15, 0.2) is 0 Å². The zero-order valence-electron chi connectivity index (χ0n) is 15.9. The van der Waals surface area contributed by atoms with Crippen LogP contribution in [0.1, 0.15) is 57.9 Å². The van der Waals surface area contributed by atoms with Gasteiger partial charge in [0.05, 0.1) is 6.54 Å². The van der Waals surface area contributed by atoms with Crippen molar-refractivity contribution in [3.8, 4) is 0 Å². The standard InChI is InChI=1S/C21H30N2O3/c1-4-9-17(10-7-13-21(25)22-26)15-23(16-24)20-12-8-11-19(14-20)18(5-2)6-3/h7-12,14,16,18,26H,4-6,13,15H2,1-3H3,(H,22,25)/b10-7-,17-9+. The van der Waals surface area contributed by atoms with Gasteiger partial charge in [0.2, 0.25) is 12.3 Å². The average molecular weight is 358 g/mol. The van der Waals surface area contributed by atoms with E-state index in [1.165, 1.54) is 5.56 Å². The van der Waals surface area contributed by atoms with E-state index in [-0.39, 0.29) is 6.42 Å². The summed E-state index contributed by atoms with van der Waals surface area (Å²) in [5, 5.41) is 8.54. The van der Waals surface area contributed by atoms with Gasteiger partial charge in [-0.2, -0.15) is 0 Å². The number of rotatable bonds is 11. The van der Waals surface area contributed by atoms with Crippen LogP contribution in [0.4, 0.5) is 5.69 Å². The van der Waals surface area contributed by atoms with Gasteiger partial charge in [-0.25, -0.2) is 5.48 Å². The van der Waals surface area contributed by atoms with Crippen molar-refractivity contribution in [2.45, 2.75) is 52.4 Å². The van der Waals surface area contributed by atoms with Gasteiger partial charge < -0.3 is 4.90 Å². The lowest BCUT2D eigenvalue weighted by atomic mass is 9.93. The number of hydroxylamine groups is 1. The van der Waals surface area contributed by atoms with Crippen LogP contribution in [0, 0.1) is 0 Å². The first-order valence-electron chi connectivity index (χ1n) is 9.19. The largest absolute Gasteiger partial charge is 0.311 e. The average Bonchev–Trinajstić information content (AvgIpc) is 2.67. The van der Waals surface area contributed by atoms with Crippen LogP contribution in [-0.4, -0.2) is 24.1 Å². The first-order valence-corrected chi connectivity index (χ1v) is 9.19. The molecule has 2 N–H and O–H groups in total. The van der Waals surface area contributed by atoms with Crippen LogP contribution in [0.3, 0.4) is 0 Å². The van der Waals surface area contributed by atoms with E-state index >= 15 is 0 Å². The highest BCUT2D eigenvalue weighted by Crippen LogP contribution is 2.26. The van der Waals surface area contributed by atoms with E-state index in [1.54, 1.807) is 16.5 Å². The molecule has 0 atom stereocenters. The number of nitrogens with one attached hydrogen (secondary N) is 1. The predicted molar refractivity (Wildman–Crippen MR) is 105 cm³/mol. The molecule has 1 rings (SSSR count). The fourth-order valence-electron chi connectivity index (χ4n) is 2.91. The van der Waals surface area contributed by atoms with Crippen molar-refractivity contribution in [2.75, 3.05) is 11.4 Å². The summed E-state index contributed by atoms with van der Waals surface area (Å²) in [5.74, 6) is 0.0215. The maximum absolute atomic E-state index is 11.7. The Bertz CT molecular complexity index is 634. The van der Waals surface area contributed by atoms with E-state index in [9.17, 15) is 9.59 Å². The Hall–Kier alpha value is -2.40. The zero-order chi connectivity index (χ0) is 19.4. The topological polar surface area (TPSA) is 69.6 Å². The van der Waals surface area contributed by atoms with E-state index in [1.807, 2.05) is 31.2 Å². The second-order valence-corrected chi connectivity index (χ2v) is 6.17. The Kier molecular flexibility index (Phi) is 10.0. The van der Waals surface area contributed by atoms with E-state index in [0.717, 1.165) is 36.9 Å². The van der Waals surface area contributed by atoms with Gasteiger partial charge in [0, 0.05) is 12.1 Å². The van der Waals surface area contributed by atoms with Crippen LogP contribution in [0.2, 0.25) is 0 Å². The predicted octanol–water partition coefficient (Wildman–Crippen LogP) is 4.34. The lowest BCUT2D eigenvalue weighted by molar-refractivity contribution is -0.128. The Labute approximate surface area is 156 Å². The smallest absolute Gasteiger partial charge is 0.247 e. The van der Waals surface area contributed by atoms with Crippen LogP contribution in [0.25, 0.3) is 0 Å². The molecule has 0 aliphatic carbocycles. The van der Waals surface area contributed by atoms with Gasteiger partial charge in [-0.1, -0.05) is 51.1 Å². The van der Waals surface area contributed by atoms with Crippen LogP contribution in [0.15, 0.2) is 48.1 Å². The number of allylic oxidation sites excluding steroid dienone is 1. The van der Waals surface area contributed by atoms with E-state index in [2.05, 4.69) is 26.0 Å². The Morgan fingerprint density at radius 2 is 2.00 bits per heavy atom. The lowest BCUT2D eigenvalue weighted by Crippen LogP contribution is -2.23. The summed E-state index contributed by atoms with van der Waals surface area (Å²) >= 11 is 0. The van der Waals surface area contributed by atoms with Crippen molar-refractivity contribution >= 4 is 18.0 Å². The minimum absolute atomic E-state index is 0.0861. The molecule has 0 aliphatic rings. The molecule has 0 bridgehead atoms. The molecular weight excluding hydrogens is 328 g/mol. The molecule has 5 heteroatoms. The number of carbonyl (C=O) groups is 2. The van der Waals surface area contributed by atoms with Crippen LogP contribution < -0.4 is 10.4 Å². The fraction of sp³-hybridized carbons (Fsp3) is 0.429. The lowest BCUT2D eigenvalue weighted by Gasteiger charge is -2.21. The van der Waals surface area contributed by atoms with Gasteiger partial charge in [-0.15, -0.1) is 0 Å². The first-order chi connectivity index (χ1) is 12.6. The molecule has 0 heterocycles. The normalized spacial score (nSPS) is 11.8. The molecule has 0 aliphatic heterocycles.